The predicted octanol–water partition coefficient (Wildman–Crippen LogP) is 4.87. The van der Waals surface area contributed by atoms with Crippen LogP contribution in [-0.2, 0) is 16.6 Å². The van der Waals surface area contributed by atoms with Crippen molar-refractivity contribution >= 4 is 33.2 Å². The maximum absolute atomic E-state index is 12.8. The van der Waals surface area contributed by atoms with Crippen molar-refractivity contribution in [3.05, 3.63) is 107 Å². The molecule has 0 radical (unpaired) electrons. The summed E-state index contributed by atoms with van der Waals surface area (Å²) in [6, 6.07) is 18.7. The quantitative estimate of drug-likeness (QED) is 0.383. The van der Waals surface area contributed by atoms with Crippen molar-refractivity contribution in [1.82, 2.24) is 14.9 Å². The zero-order valence-corrected chi connectivity index (χ0v) is 20.2. The van der Waals surface area contributed by atoms with Crippen LogP contribution in [0, 0.1) is 13.8 Å². The molecule has 0 spiro atoms. The van der Waals surface area contributed by atoms with Gasteiger partial charge in [-0.3, -0.25) is 9.52 Å². The van der Waals surface area contributed by atoms with E-state index in [9.17, 15) is 13.2 Å². The van der Waals surface area contributed by atoms with Gasteiger partial charge in [0.2, 0.25) is 0 Å². The topological polar surface area (TPSA) is 93.1 Å². The molecular formula is C25H23ClN4O3S. The van der Waals surface area contributed by atoms with E-state index in [2.05, 4.69) is 15.0 Å². The Labute approximate surface area is 203 Å². The van der Waals surface area contributed by atoms with Gasteiger partial charge in [0, 0.05) is 24.5 Å². The summed E-state index contributed by atoms with van der Waals surface area (Å²) in [5.74, 6) is 0.515. The monoisotopic (exact) mass is 494 g/mol. The Balaban J connectivity index is 1.47. The number of aromatic nitrogens is 2. The minimum Gasteiger partial charge on any atom is -0.348 e. The molecule has 0 saturated heterocycles. The van der Waals surface area contributed by atoms with Crippen LogP contribution < -0.4 is 10.0 Å². The molecule has 1 aromatic heterocycles. The van der Waals surface area contributed by atoms with E-state index in [1.165, 1.54) is 30.3 Å². The molecule has 34 heavy (non-hydrogen) atoms. The highest BCUT2D eigenvalue weighted by Crippen LogP contribution is 2.26. The molecule has 0 unspecified atom stereocenters. The van der Waals surface area contributed by atoms with Gasteiger partial charge in [0.25, 0.3) is 15.9 Å². The van der Waals surface area contributed by atoms with Crippen molar-refractivity contribution in [2.75, 3.05) is 4.72 Å². The maximum atomic E-state index is 12.8. The summed E-state index contributed by atoms with van der Waals surface area (Å²) in [6.07, 6.45) is 3.59. The molecule has 0 aliphatic heterocycles. The SMILES string of the molecule is Cc1ccc(S(=O)(=O)Nc2ccc(C(=O)NCc3ccccc3-n3ccnc3C)cc2Cl)cc1. The van der Waals surface area contributed by atoms with Gasteiger partial charge in [0.15, 0.2) is 0 Å². The molecule has 1 heterocycles. The number of amides is 1. The lowest BCUT2D eigenvalue weighted by Crippen LogP contribution is -2.23. The fraction of sp³-hybridized carbons (Fsp3) is 0.120. The van der Waals surface area contributed by atoms with Gasteiger partial charge in [0.1, 0.15) is 5.82 Å². The summed E-state index contributed by atoms with van der Waals surface area (Å²) in [6.45, 7) is 4.08. The highest BCUT2D eigenvalue weighted by atomic mass is 35.5. The van der Waals surface area contributed by atoms with Crippen molar-refractivity contribution in [3.8, 4) is 5.69 Å². The smallest absolute Gasteiger partial charge is 0.261 e. The van der Waals surface area contributed by atoms with E-state index in [0.717, 1.165) is 22.6 Å². The lowest BCUT2D eigenvalue weighted by molar-refractivity contribution is 0.0951. The highest BCUT2D eigenvalue weighted by Gasteiger charge is 2.17. The molecule has 2 N–H and O–H groups in total. The first-order valence-electron chi connectivity index (χ1n) is 10.5. The summed E-state index contributed by atoms with van der Waals surface area (Å²) in [5.41, 5.74) is 3.32. The Kier molecular flexibility index (Phi) is 6.72. The zero-order valence-electron chi connectivity index (χ0n) is 18.6. The van der Waals surface area contributed by atoms with Gasteiger partial charge in [0.05, 0.1) is 21.3 Å². The zero-order chi connectivity index (χ0) is 24.3. The molecule has 3 aromatic carbocycles. The van der Waals surface area contributed by atoms with Crippen molar-refractivity contribution in [2.45, 2.75) is 25.3 Å². The van der Waals surface area contributed by atoms with E-state index >= 15 is 0 Å². The second kappa shape index (κ2) is 9.70. The average molecular weight is 495 g/mol. The first-order valence-corrected chi connectivity index (χ1v) is 12.4. The first kappa shape index (κ1) is 23.5. The lowest BCUT2D eigenvalue weighted by atomic mass is 10.1. The third-order valence-electron chi connectivity index (χ3n) is 5.32. The first-order chi connectivity index (χ1) is 16.2. The Morgan fingerprint density at radius 3 is 2.44 bits per heavy atom. The van der Waals surface area contributed by atoms with Crippen LogP contribution in [0.1, 0.15) is 27.3 Å². The van der Waals surface area contributed by atoms with Crippen molar-refractivity contribution in [2.24, 2.45) is 0 Å². The van der Waals surface area contributed by atoms with Crippen molar-refractivity contribution < 1.29 is 13.2 Å². The van der Waals surface area contributed by atoms with Crippen LogP contribution in [0.4, 0.5) is 5.69 Å². The van der Waals surface area contributed by atoms with Gasteiger partial charge < -0.3 is 9.88 Å². The number of carbonyl (C=O) groups excluding carboxylic acids is 1. The number of anilines is 1. The fourth-order valence-corrected chi connectivity index (χ4v) is 4.83. The number of aryl methyl sites for hydroxylation is 2. The molecule has 1 amide bonds. The molecule has 0 aliphatic carbocycles. The number of para-hydroxylation sites is 1. The third-order valence-corrected chi connectivity index (χ3v) is 7.02. The summed E-state index contributed by atoms with van der Waals surface area (Å²) < 4.78 is 29.7. The van der Waals surface area contributed by atoms with Crippen LogP contribution in [0.5, 0.6) is 0 Å². The summed E-state index contributed by atoms with van der Waals surface area (Å²) in [4.78, 5) is 17.1. The van der Waals surface area contributed by atoms with Crippen LogP contribution in [0.2, 0.25) is 5.02 Å². The maximum Gasteiger partial charge on any atom is 0.261 e. The van der Waals surface area contributed by atoms with Crippen molar-refractivity contribution in [1.29, 1.82) is 0 Å². The minimum absolute atomic E-state index is 0.123. The third kappa shape index (κ3) is 5.13. The molecule has 0 fully saturated rings. The second-order valence-corrected chi connectivity index (χ2v) is 9.86. The lowest BCUT2D eigenvalue weighted by Gasteiger charge is -2.13. The molecular weight excluding hydrogens is 472 g/mol. The van der Waals surface area contributed by atoms with Crippen LogP contribution in [0.3, 0.4) is 0 Å². The highest BCUT2D eigenvalue weighted by molar-refractivity contribution is 7.92. The second-order valence-electron chi connectivity index (χ2n) is 7.77. The number of nitrogens with zero attached hydrogens (tertiary/aromatic N) is 2. The predicted molar refractivity (Wildman–Crippen MR) is 133 cm³/mol. The van der Waals surface area contributed by atoms with E-state index in [0.29, 0.717) is 12.1 Å². The summed E-state index contributed by atoms with van der Waals surface area (Å²) in [7, 11) is -3.80. The van der Waals surface area contributed by atoms with Crippen LogP contribution in [0.15, 0.2) is 84.0 Å². The van der Waals surface area contributed by atoms with Crippen LogP contribution >= 0.6 is 11.6 Å². The Bertz CT molecular complexity index is 1450. The fourth-order valence-electron chi connectivity index (χ4n) is 3.47. The molecule has 7 nitrogen and oxygen atoms in total. The molecule has 0 aliphatic rings. The largest absolute Gasteiger partial charge is 0.348 e. The number of halogens is 1. The van der Waals surface area contributed by atoms with Gasteiger partial charge in [-0.25, -0.2) is 13.4 Å². The standard InChI is InChI=1S/C25H23ClN4O3S/c1-17-7-10-21(11-8-17)34(32,33)29-23-12-9-19(15-22(23)26)25(31)28-16-20-5-3-4-6-24(20)30-14-13-27-18(30)2/h3-15,29H,16H2,1-2H3,(H,28,31). The normalized spacial score (nSPS) is 11.3. The van der Waals surface area contributed by atoms with Crippen molar-refractivity contribution in [3.63, 3.8) is 0 Å². The van der Waals surface area contributed by atoms with E-state index in [1.807, 2.05) is 48.9 Å². The number of sulfonamides is 1. The molecule has 0 saturated carbocycles. The number of nitrogens with one attached hydrogen (secondary N) is 2. The molecule has 0 atom stereocenters. The van der Waals surface area contributed by atoms with Gasteiger partial charge in [-0.05, 0) is 55.8 Å². The number of hydrogen-bond donors (Lipinski definition) is 2. The van der Waals surface area contributed by atoms with E-state index in [-0.39, 0.29) is 21.5 Å². The van der Waals surface area contributed by atoms with E-state index < -0.39 is 10.0 Å². The van der Waals surface area contributed by atoms with Crippen LogP contribution in [-0.4, -0.2) is 23.9 Å². The van der Waals surface area contributed by atoms with E-state index in [1.54, 1.807) is 18.3 Å². The van der Waals surface area contributed by atoms with Gasteiger partial charge in [-0.15, -0.1) is 0 Å². The van der Waals surface area contributed by atoms with Crippen LogP contribution in [0.25, 0.3) is 5.69 Å². The molecule has 0 bridgehead atoms. The number of benzene rings is 3. The number of imidazole rings is 1. The van der Waals surface area contributed by atoms with Gasteiger partial charge in [-0.1, -0.05) is 47.5 Å². The van der Waals surface area contributed by atoms with Gasteiger partial charge in [-0.2, -0.15) is 0 Å². The molecule has 4 rings (SSSR count). The number of rotatable bonds is 7. The van der Waals surface area contributed by atoms with E-state index in [4.69, 9.17) is 11.6 Å². The number of hydrogen-bond acceptors (Lipinski definition) is 4. The van der Waals surface area contributed by atoms with Gasteiger partial charge >= 0.3 is 0 Å². The Morgan fingerprint density at radius 1 is 1.03 bits per heavy atom. The molecule has 9 heteroatoms. The molecule has 4 aromatic rings. The number of carbonyl (C=O) groups is 1. The average Bonchev–Trinajstić information content (AvgIpc) is 3.24. The summed E-state index contributed by atoms with van der Waals surface area (Å²) in [5, 5.41) is 3.02. The Morgan fingerprint density at radius 2 is 1.76 bits per heavy atom. The minimum atomic E-state index is -3.80. The molecule has 174 valence electrons. The Hall–Kier alpha value is -3.62. The summed E-state index contributed by atoms with van der Waals surface area (Å²) >= 11 is 6.30.